The van der Waals surface area contributed by atoms with E-state index in [2.05, 4.69) is 4.99 Å². The van der Waals surface area contributed by atoms with E-state index in [1.807, 2.05) is 29.0 Å². The summed E-state index contributed by atoms with van der Waals surface area (Å²) in [6.45, 7) is 0.685. The lowest BCUT2D eigenvalue weighted by atomic mass is 10.3. The first kappa shape index (κ1) is 23.4. The average Bonchev–Trinajstić information content (AvgIpc) is 3.12. The van der Waals surface area contributed by atoms with Crippen LogP contribution in [-0.2, 0) is 21.2 Å². The van der Waals surface area contributed by atoms with Gasteiger partial charge in [-0.15, -0.1) is 0 Å². The van der Waals surface area contributed by atoms with Crippen LogP contribution < -0.4 is 14.3 Å². The van der Waals surface area contributed by atoms with Crippen molar-refractivity contribution in [2.75, 3.05) is 32.0 Å². The standard InChI is InChI=1S/C21H24N2O5S3/c1-27-15-4-7-17(8-5-15)31(25,26)13-10-20(24)22-21-23(11-12-29-3)18-14-16(28-2)6-9-19(18)30-21/h4-9,14H,10-13H2,1-3H3. The van der Waals surface area contributed by atoms with E-state index in [1.54, 1.807) is 31.0 Å². The van der Waals surface area contributed by atoms with Gasteiger partial charge >= 0.3 is 0 Å². The van der Waals surface area contributed by atoms with E-state index in [9.17, 15) is 13.2 Å². The fraction of sp³-hybridized carbons (Fsp3) is 0.333. The summed E-state index contributed by atoms with van der Waals surface area (Å²) in [6, 6.07) is 11.8. The summed E-state index contributed by atoms with van der Waals surface area (Å²) in [6.07, 6.45) is 1.83. The maximum absolute atomic E-state index is 12.6. The number of rotatable bonds is 9. The number of fused-ring (bicyclic) bond motifs is 1. The zero-order valence-electron chi connectivity index (χ0n) is 17.5. The number of sulfone groups is 1. The Bertz CT molecular complexity index is 1230. The maximum Gasteiger partial charge on any atom is 0.249 e. The van der Waals surface area contributed by atoms with E-state index in [1.165, 1.54) is 30.6 Å². The molecule has 0 bridgehead atoms. The largest absolute Gasteiger partial charge is 0.497 e. The monoisotopic (exact) mass is 480 g/mol. The second kappa shape index (κ2) is 10.3. The highest BCUT2D eigenvalue weighted by Crippen LogP contribution is 2.23. The number of aryl methyl sites for hydroxylation is 1. The van der Waals surface area contributed by atoms with Gasteiger partial charge in [-0.25, -0.2) is 8.42 Å². The molecular weight excluding hydrogens is 456 g/mol. The zero-order chi connectivity index (χ0) is 22.4. The number of ether oxygens (including phenoxy) is 2. The molecule has 0 fully saturated rings. The number of hydrogen-bond donors (Lipinski definition) is 0. The third-order valence-corrected chi connectivity index (χ3v) is 8.01. The highest BCUT2D eigenvalue weighted by atomic mass is 32.2. The zero-order valence-corrected chi connectivity index (χ0v) is 20.0. The molecule has 0 N–H and O–H groups in total. The first-order valence-corrected chi connectivity index (χ1v) is 13.3. The Morgan fingerprint density at radius 1 is 1.10 bits per heavy atom. The first-order chi connectivity index (χ1) is 14.9. The van der Waals surface area contributed by atoms with Crippen LogP contribution >= 0.6 is 23.1 Å². The lowest BCUT2D eigenvalue weighted by Gasteiger charge is -2.06. The van der Waals surface area contributed by atoms with Crippen molar-refractivity contribution in [2.24, 2.45) is 4.99 Å². The molecule has 0 spiro atoms. The smallest absolute Gasteiger partial charge is 0.249 e. The van der Waals surface area contributed by atoms with Gasteiger partial charge in [0.1, 0.15) is 11.5 Å². The molecule has 31 heavy (non-hydrogen) atoms. The first-order valence-electron chi connectivity index (χ1n) is 9.48. The number of aromatic nitrogens is 1. The molecule has 0 saturated carbocycles. The number of methoxy groups -OCH3 is 2. The second-order valence-corrected chi connectivity index (χ2v) is 10.7. The van der Waals surface area contributed by atoms with Crippen molar-refractivity contribution >= 4 is 49.1 Å². The lowest BCUT2D eigenvalue weighted by Crippen LogP contribution is -2.19. The van der Waals surface area contributed by atoms with Crippen LogP contribution in [0, 0.1) is 0 Å². The predicted octanol–water partition coefficient (Wildman–Crippen LogP) is 3.37. The summed E-state index contributed by atoms with van der Waals surface area (Å²) < 4.78 is 38.4. The Kier molecular flexibility index (Phi) is 7.79. The van der Waals surface area contributed by atoms with Crippen LogP contribution in [0.5, 0.6) is 11.5 Å². The molecule has 0 unspecified atom stereocenters. The molecule has 10 heteroatoms. The Morgan fingerprint density at radius 3 is 2.42 bits per heavy atom. The van der Waals surface area contributed by atoms with Crippen molar-refractivity contribution in [3.05, 3.63) is 47.3 Å². The number of benzene rings is 2. The lowest BCUT2D eigenvalue weighted by molar-refractivity contribution is -0.117. The third kappa shape index (κ3) is 5.69. The molecule has 1 amide bonds. The molecule has 0 saturated heterocycles. The van der Waals surface area contributed by atoms with Gasteiger partial charge in [0.25, 0.3) is 0 Å². The van der Waals surface area contributed by atoms with E-state index in [-0.39, 0.29) is 17.1 Å². The van der Waals surface area contributed by atoms with Gasteiger partial charge in [0.05, 0.1) is 35.1 Å². The highest BCUT2D eigenvalue weighted by Gasteiger charge is 2.17. The Balaban J connectivity index is 1.84. The second-order valence-electron chi connectivity index (χ2n) is 6.61. The molecule has 0 aliphatic rings. The third-order valence-electron chi connectivity index (χ3n) is 4.63. The summed E-state index contributed by atoms with van der Waals surface area (Å²) in [4.78, 5) is 17.5. The van der Waals surface area contributed by atoms with E-state index >= 15 is 0 Å². The summed E-state index contributed by atoms with van der Waals surface area (Å²) >= 11 is 3.10. The van der Waals surface area contributed by atoms with Crippen molar-refractivity contribution in [1.82, 2.24) is 4.57 Å². The normalized spacial score (nSPS) is 12.3. The van der Waals surface area contributed by atoms with Gasteiger partial charge in [0.2, 0.25) is 5.91 Å². The van der Waals surface area contributed by atoms with Crippen molar-refractivity contribution in [3.8, 4) is 11.5 Å². The fourth-order valence-corrected chi connectivity index (χ4v) is 5.59. The van der Waals surface area contributed by atoms with Crippen molar-refractivity contribution in [2.45, 2.75) is 17.9 Å². The molecule has 0 radical (unpaired) electrons. The molecule has 3 rings (SSSR count). The molecule has 3 aromatic rings. The van der Waals surface area contributed by atoms with Gasteiger partial charge in [0.15, 0.2) is 14.6 Å². The van der Waals surface area contributed by atoms with E-state index in [4.69, 9.17) is 9.47 Å². The van der Waals surface area contributed by atoms with Crippen LogP contribution in [0.3, 0.4) is 0 Å². The molecule has 1 heterocycles. The van der Waals surface area contributed by atoms with Gasteiger partial charge in [-0.1, -0.05) is 11.3 Å². The molecule has 0 aliphatic heterocycles. The molecule has 2 aromatic carbocycles. The number of nitrogens with zero attached hydrogens (tertiary/aromatic N) is 2. The topological polar surface area (TPSA) is 87.0 Å². The number of carbonyl (C=O) groups excluding carboxylic acids is 1. The summed E-state index contributed by atoms with van der Waals surface area (Å²) in [5.74, 6) is 1.39. The number of hydrogen-bond acceptors (Lipinski definition) is 7. The molecule has 0 aliphatic carbocycles. The minimum absolute atomic E-state index is 0.157. The van der Waals surface area contributed by atoms with E-state index in [0.717, 1.165) is 21.7 Å². The quantitative estimate of drug-likeness (QED) is 0.467. The molecule has 7 nitrogen and oxygen atoms in total. The van der Waals surface area contributed by atoms with Gasteiger partial charge < -0.3 is 14.0 Å². The molecular formula is C21H24N2O5S3. The Morgan fingerprint density at radius 2 is 1.77 bits per heavy atom. The molecule has 166 valence electrons. The van der Waals surface area contributed by atoms with Crippen molar-refractivity contribution in [3.63, 3.8) is 0 Å². The number of thiazole rings is 1. The molecule has 0 atom stereocenters. The highest BCUT2D eigenvalue weighted by molar-refractivity contribution is 7.98. The summed E-state index contributed by atoms with van der Waals surface area (Å²) in [7, 11) is -0.468. The Labute approximate surface area is 189 Å². The van der Waals surface area contributed by atoms with Crippen LogP contribution in [0.2, 0.25) is 0 Å². The maximum atomic E-state index is 12.6. The van der Waals surface area contributed by atoms with Crippen LogP contribution in [-0.4, -0.2) is 50.9 Å². The summed E-state index contributed by atoms with van der Waals surface area (Å²) in [5.41, 5.74) is 0.941. The van der Waals surface area contributed by atoms with Gasteiger partial charge in [-0.2, -0.15) is 16.8 Å². The number of amides is 1. The minimum Gasteiger partial charge on any atom is -0.497 e. The average molecular weight is 481 g/mol. The predicted molar refractivity (Wildman–Crippen MR) is 125 cm³/mol. The van der Waals surface area contributed by atoms with Crippen LogP contribution in [0.4, 0.5) is 0 Å². The van der Waals surface area contributed by atoms with Gasteiger partial charge in [-0.05, 0) is 42.7 Å². The number of carbonyl (C=O) groups is 1. The fourth-order valence-electron chi connectivity index (χ4n) is 2.94. The Hall–Kier alpha value is -2.30. The van der Waals surface area contributed by atoms with Gasteiger partial charge in [-0.3, -0.25) is 4.79 Å². The van der Waals surface area contributed by atoms with Crippen LogP contribution in [0.1, 0.15) is 6.42 Å². The van der Waals surface area contributed by atoms with E-state index < -0.39 is 15.7 Å². The van der Waals surface area contributed by atoms with Crippen molar-refractivity contribution in [1.29, 1.82) is 0 Å². The minimum atomic E-state index is -3.59. The van der Waals surface area contributed by atoms with E-state index in [0.29, 0.717) is 17.1 Å². The van der Waals surface area contributed by atoms with Crippen LogP contribution in [0.15, 0.2) is 52.4 Å². The van der Waals surface area contributed by atoms with Crippen molar-refractivity contribution < 1.29 is 22.7 Å². The summed E-state index contributed by atoms with van der Waals surface area (Å²) in [5, 5.41) is 0. The number of thioether (sulfide) groups is 1. The van der Waals surface area contributed by atoms with Gasteiger partial charge in [0, 0.05) is 24.8 Å². The molecule has 1 aromatic heterocycles. The van der Waals surface area contributed by atoms with Crippen LogP contribution in [0.25, 0.3) is 10.2 Å². The SMILES string of the molecule is COc1ccc(S(=O)(=O)CCC(=O)N=c2sc3ccc(OC)cc3n2CCSC)cc1.